The Bertz CT molecular complexity index is 1090. The molecule has 0 aliphatic carbocycles. The van der Waals surface area contributed by atoms with E-state index < -0.39 is 0 Å². The maximum atomic E-state index is 10.3. The summed E-state index contributed by atoms with van der Waals surface area (Å²) < 4.78 is 0. The fraction of sp³-hybridized carbons (Fsp3) is 0. The quantitative estimate of drug-likeness (QED) is 0.271. The molecule has 0 unspecified atom stereocenters. The fourth-order valence-electron chi connectivity index (χ4n) is 3.39. The second kappa shape index (κ2) is 7.25. The third kappa shape index (κ3) is 3.20. The highest BCUT2D eigenvalue weighted by atomic mass is 16.3. The van der Waals surface area contributed by atoms with Crippen molar-refractivity contribution < 1.29 is 30.6 Å². The van der Waals surface area contributed by atoms with Gasteiger partial charge < -0.3 is 30.6 Å². The maximum absolute atomic E-state index is 10.3. The molecule has 4 rings (SSSR count). The zero-order chi connectivity index (χ0) is 21.4. The van der Waals surface area contributed by atoms with E-state index in [2.05, 4.69) is 0 Å². The minimum absolute atomic E-state index is 0.292. The molecule has 0 aliphatic rings. The topological polar surface area (TPSA) is 121 Å². The number of phenolic OH excluding ortho intramolecular Hbond substituents is 6. The standard InChI is InChI=1S/C24H18O6/c25-19-7-1-4-16(22(19)28)13-10-14(17-5-2-8-20(26)23(17)29)12-15(11-13)18-6-3-9-21(27)24(18)30/h1-12,25-30H. The number of benzene rings is 4. The van der Waals surface area contributed by atoms with Gasteiger partial charge in [0.2, 0.25) is 0 Å². The number of rotatable bonds is 3. The van der Waals surface area contributed by atoms with Crippen LogP contribution in [-0.4, -0.2) is 30.6 Å². The fourth-order valence-corrected chi connectivity index (χ4v) is 3.39. The van der Waals surface area contributed by atoms with Crippen LogP contribution in [0.25, 0.3) is 33.4 Å². The molecule has 6 nitrogen and oxygen atoms in total. The highest BCUT2D eigenvalue weighted by molar-refractivity contribution is 5.87. The molecule has 0 fully saturated rings. The molecule has 0 spiro atoms. The molecule has 0 heterocycles. The zero-order valence-electron chi connectivity index (χ0n) is 15.6. The Morgan fingerprint density at radius 1 is 0.367 bits per heavy atom. The van der Waals surface area contributed by atoms with Gasteiger partial charge in [-0.05, 0) is 53.1 Å². The maximum Gasteiger partial charge on any atom is 0.165 e. The van der Waals surface area contributed by atoms with Gasteiger partial charge in [0.05, 0.1) is 0 Å². The molecule has 0 radical (unpaired) electrons. The van der Waals surface area contributed by atoms with Crippen LogP contribution in [-0.2, 0) is 0 Å². The summed E-state index contributed by atoms with van der Waals surface area (Å²) in [5, 5.41) is 60.7. The largest absolute Gasteiger partial charge is 0.504 e. The second-order valence-electron chi connectivity index (χ2n) is 6.82. The van der Waals surface area contributed by atoms with E-state index in [0.29, 0.717) is 33.4 Å². The lowest BCUT2D eigenvalue weighted by atomic mass is 9.92. The Morgan fingerprint density at radius 2 is 0.633 bits per heavy atom. The summed E-state index contributed by atoms with van der Waals surface area (Å²) in [6.07, 6.45) is 0. The first kappa shape index (κ1) is 19.0. The van der Waals surface area contributed by atoms with Crippen LogP contribution in [0.2, 0.25) is 0 Å². The normalized spacial score (nSPS) is 10.8. The smallest absolute Gasteiger partial charge is 0.165 e. The lowest BCUT2D eigenvalue weighted by Gasteiger charge is -2.14. The van der Waals surface area contributed by atoms with Crippen molar-refractivity contribution in [3.8, 4) is 67.9 Å². The number of phenols is 6. The van der Waals surface area contributed by atoms with Gasteiger partial charge in [0.25, 0.3) is 0 Å². The number of hydrogen-bond donors (Lipinski definition) is 6. The predicted octanol–water partition coefficient (Wildman–Crippen LogP) is 4.92. The van der Waals surface area contributed by atoms with Gasteiger partial charge in [0.1, 0.15) is 0 Å². The van der Waals surface area contributed by atoms with Crippen molar-refractivity contribution in [1.82, 2.24) is 0 Å². The number of hydrogen-bond acceptors (Lipinski definition) is 6. The first-order chi connectivity index (χ1) is 14.4. The SMILES string of the molecule is Oc1cccc(-c2cc(-c3cccc(O)c3O)cc(-c3cccc(O)c3O)c2)c1O. The van der Waals surface area contributed by atoms with Gasteiger partial charge in [-0.15, -0.1) is 0 Å². The molecule has 4 aromatic rings. The zero-order valence-corrected chi connectivity index (χ0v) is 15.6. The molecular weight excluding hydrogens is 384 g/mol. The van der Waals surface area contributed by atoms with E-state index >= 15 is 0 Å². The van der Waals surface area contributed by atoms with Crippen molar-refractivity contribution in [1.29, 1.82) is 0 Å². The molecule has 150 valence electrons. The summed E-state index contributed by atoms with van der Waals surface area (Å²) >= 11 is 0. The van der Waals surface area contributed by atoms with Crippen LogP contribution in [0.15, 0.2) is 72.8 Å². The van der Waals surface area contributed by atoms with Gasteiger partial charge in [-0.3, -0.25) is 0 Å². The first-order valence-corrected chi connectivity index (χ1v) is 9.06. The van der Waals surface area contributed by atoms with Crippen LogP contribution in [0.1, 0.15) is 0 Å². The first-order valence-electron chi connectivity index (χ1n) is 9.06. The van der Waals surface area contributed by atoms with E-state index in [4.69, 9.17) is 0 Å². The Hall–Kier alpha value is -4.32. The van der Waals surface area contributed by atoms with E-state index in [9.17, 15) is 30.6 Å². The van der Waals surface area contributed by atoms with Crippen molar-refractivity contribution in [2.75, 3.05) is 0 Å². The molecule has 4 aromatic carbocycles. The summed E-state index contributed by atoms with van der Waals surface area (Å²) in [7, 11) is 0. The molecule has 0 amide bonds. The molecule has 0 aromatic heterocycles. The third-order valence-electron chi connectivity index (χ3n) is 4.91. The van der Waals surface area contributed by atoms with Crippen LogP contribution in [0.3, 0.4) is 0 Å². The van der Waals surface area contributed by atoms with Gasteiger partial charge in [-0.25, -0.2) is 0 Å². The highest BCUT2D eigenvalue weighted by Gasteiger charge is 2.16. The van der Waals surface area contributed by atoms with Gasteiger partial charge in [-0.1, -0.05) is 36.4 Å². The lowest BCUT2D eigenvalue weighted by Crippen LogP contribution is -1.88. The highest BCUT2D eigenvalue weighted by Crippen LogP contribution is 2.44. The van der Waals surface area contributed by atoms with Gasteiger partial charge in [0, 0.05) is 16.7 Å². The molecule has 0 saturated carbocycles. The number of para-hydroxylation sites is 3. The van der Waals surface area contributed by atoms with Gasteiger partial charge in [0.15, 0.2) is 34.5 Å². The monoisotopic (exact) mass is 402 g/mol. The lowest BCUT2D eigenvalue weighted by molar-refractivity contribution is 0.405. The van der Waals surface area contributed by atoms with Crippen LogP contribution in [0.5, 0.6) is 34.5 Å². The molecule has 0 atom stereocenters. The minimum Gasteiger partial charge on any atom is -0.504 e. The summed E-state index contributed by atoms with van der Waals surface area (Å²) in [6.45, 7) is 0. The van der Waals surface area contributed by atoms with Crippen LogP contribution in [0, 0.1) is 0 Å². The summed E-state index contributed by atoms with van der Waals surface area (Å²) in [5.74, 6) is -1.83. The summed E-state index contributed by atoms with van der Waals surface area (Å²) in [6, 6.07) is 18.7. The summed E-state index contributed by atoms with van der Waals surface area (Å²) in [5.41, 5.74) is 2.45. The van der Waals surface area contributed by atoms with Crippen molar-refractivity contribution in [3.05, 3.63) is 72.8 Å². The molecule has 0 aliphatic heterocycles. The van der Waals surface area contributed by atoms with Crippen molar-refractivity contribution >= 4 is 0 Å². The van der Waals surface area contributed by atoms with E-state index in [-0.39, 0.29) is 34.5 Å². The van der Waals surface area contributed by atoms with Gasteiger partial charge in [-0.2, -0.15) is 0 Å². The molecule has 30 heavy (non-hydrogen) atoms. The van der Waals surface area contributed by atoms with Crippen LogP contribution < -0.4 is 0 Å². The van der Waals surface area contributed by atoms with E-state index in [1.54, 1.807) is 54.6 Å². The Labute approximate surface area is 171 Å². The van der Waals surface area contributed by atoms with E-state index in [1.165, 1.54) is 18.2 Å². The molecule has 0 saturated heterocycles. The van der Waals surface area contributed by atoms with Crippen molar-refractivity contribution in [3.63, 3.8) is 0 Å². The summed E-state index contributed by atoms with van der Waals surface area (Å²) in [4.78, 5) is 0. The van der Waals surface area contributed by atoms with E-state index in [0.717, 1.165) is 0 Å². The van der Waals surface area contributed by atoms with E-state index in [1.807, 2.05) is 0 Å². The van der Waals surface area contributed by atoms with Gasteiger partial charge >= 0.3 is 0 Å². The third-order valence-corrected chi connectivity index (χ3v) is 4.91. The van der Waals surface area contributed by atoms with Crippen molar-refractivity contribution in [2.45, 2.75) is 0 Å². The minimum atomic E-state index is -0.319. The molecular formula is C24H18O6. The Balaban J connectivity index is 2.03. The molecule has 0 bridgehead atoms. The average molecular weight is 402 g/mol. The Kier molecular flexibility index (Phi) is 4.60. The van der Waals surface area contributed by atoms with Crippen molar-refractivity contribution in [2.24, 2.45) is 0 Å². The second-order valence-corrected chi connectivity index (χ2v) is 6.82. The average Bonchev–Trinajstić information content (AvgIpc) is 2.73. The number of aromatic hydroxyl groups is 6. The van der Waals surface area contributed by atoms with Crippen LogP contribution >= 0.6 is 0 Å². The predicted molar refractivity (Wildman–Crippen MR) is 113 cm³/mol. The Morgan fingerprint density at radius 3 is 0.900 bits per heavy atom. The van der Waals surface area contributed by atoms with Crippen LogP contribution in [0.4, 0.5) is 0 Å². The molecule has 6 N–H and O–H groups in total. The molecule has 6 heteroatoms.